The van der Waals surface area contributed by atoms with Crippen LogP contribution in [0.4, 0.5) is 8.28 Å². The van der Waals surface area contributed by atoms with Gasteiger partial charge in [-0.3, -0.25) is 0 Å². The Bertz CT molecular complexity index is 767. The number of halogens is 2. The van der Waals surface area contributed by atoms with E-state index in [0.29, 0.717) is 0 Å². The van der Waals surface area contributed by atoms with Gasteiger partial charge >= 0.3 is 16.2 Å². The second kappa shape index (κ2) is 5.01. The van der Waals surface area contributed by atoms with E-state index in [1.54, 1.807) is 0 Å². The first kappa shape index (κ1) is 14.1. The van der Waals surface area contributed by atoms with Gasteiger partial charge in [0.1, 0.15) is 10.7 Å². The van der Waals surface area contributed by atoms with Crippen LogP contribution in [0.15, 0.2) is 47.4 Å². The zero-order valence-electron chi connectivity index (χ0n) is 9.88. The van der Waals surface area contributed by atoms with E-state index in [9.17, 15) is 21.5 Å². The van der Waals surface area contributed by atoms with Gasteiger partial charge in [-0.15, -0.1) is 3.89 Å². The van der Waals surface area contributed by atoms with Crippen LogP contribution in [0.25, 0.3) is 11.1 Å². The summed E-state index contributed by atoms with van der Waals surface area (Å²) in [5.41, 5.74) is -0.121. The molecule has 0 fully saturated rings. The minimum absolute atomic E-state index is 0.0301. The molecule has 0 aliphatic heterocycles. The van der Waals surface area contributed by atoms with Gasteiger partial charge in [0.25, 0.3) is 0 Å². The van der Waals surface area contributed by atoms with Crippen LogP contribution in [0.3, 0.4) is 0 Å². The van der Waals surface area contributed by atoms with Crippen molar-refractivity contribution < 1.29 is 26.6 Å². The van der Waals surface area contributed by atoms with Crippen LogP contribution in [0.1, 0.15) is 10.4 Å². The molecule has 0 amide bonds. The Morgan fingerprint density at radius 3 is 2.15 bits per heavy atom. The molecule has 2 rings (SSSR count). The van der Waals surface area contributed by atoms with Crippen LogP contribution in [0.5, 0.6) is 0 Å². The molecule has 20 heavy (non-hydrogen) atoms. The summed E-state index contributed by atoms with van der Waals surface area (Å²) >= 11 is 0. The maximum absolute atomic E-state index is 13.3. The van der Waals surface area contributed by atoms with Crippen molar-refractivity contribution in [3.63, 3.8) is 0 Å². The number of rotatable bonds is 3. The molecule has 0 bridgehead atoms. The predicted octanol–water partition coefficient (Wildman–Crippen LogP) is 2.85. The van der Waals surface area contributed by atoms with Gasteiger partial charge in [0, 0.05) is 5.56 Å². The van der Waals surface area contributed by atoms with E-state index in [1.807, 2.05) is 0 Å². The third-order valence-corrected chi connectivity index (χ3v) is 3.51. The first-order valence-corrected chi connectivity index (χ1v) is 6.75. The Balaban J connectivity index is 2.70. The molecule has 104 valence electrons. The molecular formula is C13H8F2O4S. The van der Waals surface area contributed by atoms with Crippen molar-refractivity contribution >= 4 is 16.2 Å². The lowest BCUT2D eigenvalue weighted by Gasteiger charge is -2.07. The number of hydrogen-bond acceptors (Lipinski definition) is 3. The first-order chi connectivity index (χ1) is 9.29. The van der Waals surface area contributed by atoms with Crippen LogP contribution in [0, 0.1) is 5.82 Å². The molecule has 4 nitrogen and oxygen atoms in total. The second-order valence-electron chi connectivity index (χ2n) is 3.96. The highest BCUT2D eigenvalue weighted by atomic mass is 32.3. The van der Waals surface area contributed by atoms with Gasteiger partial charge in [-0.1, -0.05) is 18.2 Å². The lowest BCUT2D eigenvalue weighted by atomic mass is 10.0. The van der Waals surface area contributed by atoms with E-state index in [-0.39, 0.29) is 16.7 Å². The number of carboxylic acid groups (broad SMARTS) is 1. The van der Waals surface area contributed by atoms with Crippen molar-refractivity contribution in [3.05, 3.63) is 53.8 Å². The topological polar surface area (TPSA) is 71.4 Å². The maximum Gasteiger partial charge on any atom is 0.335 e. The van der Waals surface area contributed by atoms with Gasteiger partial charge < -0.3 is 5.11 Å². The fourth-order valence-corrected chi connectivity index (χ4v) is 2.44. The Morgan fingerprint density at radius 2 is 1.65 bits per heavy atom. The molecule has 0 heterocycles. The van der Waals surface area contributed by atoms with Gasteiger partial charge in [-0.05, 0) is 29.8 Å². The molecule has 0 radical (unpaired) electrons. The van der Waals surface area contributed by atoms with Crippen LogP contribution in [-0.4, -0.2) is 19.5 Å². The van der Waals surface area contributed by atoms with Gasteiger partial charge in [-0.25, -0.2) is 9.18 Å². The zero-order chi connectivity index (χ0) is 14.9. The summed E-state index contributed by atoms with van der Waals surface area (Å²) in [5.74, 6) is -1.90. The van der Waals surface area contributed by atoms with E-state index < -0.39 is 26.9 Å². The Labute approximate surface area is 113 Å². The molecular weight excluding hydrogens is 290 g/mol. The minimum atomic E-state index is -5.10. The number of hydrogen-bond donors (Lipinski definition) is 1. The third-order valence-electron chi connectivity index (χ3n) is 2.65. The highest BCUT2D eigenvalue weighted by Crippen LogP contribution is 2.29. The molecule has 1 N–H and O–H groups in total. The van der Waals surface area contributed by atoms with Crippen molar-refractivity contribution in [2.45, 2.75) is 4.90 Å². The van der Waals surface area contributed by atoms with E-state index in [1.165, 1.54) is 18.2 Å². The molecule has 0 aliphatic rings. The fourth-order valence-electron chi connectivity index (χ4n) is 1.73. The zero-order valence-corrected chi connectivity index (χ0v) is 10.7. The number of carbonyl (C=O) groups is 1. The van der Waals surface area contributed by atoms with Gasteiger partial charge in [0.05, 0.1) is 5.56 Å². The number of benzene rings is 2. The Morgan fingerprint density at radius 1 is 1.05 bits per heavy atom. The van der Waals surface area contributed by atoms with E-state index >= 15 is 0 Å². The van der Waals surface area contributed by atoms with Crippen LogP contribution in [0.2, 0.25) is 0 Å². The molecule has 7 heteroatoms. The lowest BCUT2D eigenvalue weighted by Crippen LogP contribution is -2.02. The maximum atomic E-state index is 13.3. The van der Waals surface area contributed by atoms with Crippen molar-refractivity contribution in [3.8, 4) is 11.1 Å². The smallest absolute Gasteiger partial charge is 0.335 e. The van der Waals surface area contributed by atoms with Crippen molar-refractivity contribution in [2.24, 2.45) is 0 Å². The molecule has 0 aliphatic carbocycles. The number of carboxylic acids is 1. The fraction of sp³-hybridized carbons (Fsp3) is 0. The third kappa shape index (κ3) is 2.83. The molecule has 2 aromatic rings. The summed E-state index contributed by atoms with van der Waals surface area (Å²) in [4.78, 5) is 10.0. The van der Waals surface area contributed by atoms with Gasteiger partial charge in [0.2, 0.25) is 0 Å². The highest BCUT2D eigenvalue weighted by molar-refractivity contribution is 7.86. The Hall–Kier alpha value is -2.28. The van der Waals surface area contributed by atoms with E-state index in [2.05, 4.69) is 0 Å². The first-order valence-electron chi connectivity index (χ1n) is 5.37. The summed E-state index contributed by atoms with van der Waals surface area (Å²) in [7, 11) is -5.10. The van der Waals surface area contributed by atoms with E-state index in [0.717, 1.165) is 24.3 Å². The largest absolute Gasteiger partial charge is 0.478 e. The van der Waals surface area contributed by atoms with Crippen LogP contribution >= 0.6 is 0 Å². The quantitative estimate of drug-likeness (QED) is 0.884. The second-order valence-corrected chi connectivity index (χ2v) is 5.28. The van der Waals surface area contributed by atoms with Crippen LogP contribution < -0.4 is 0 Å². The molecule has 2 aromatic carbocycles. The monoisotopic (exact) mass is 298 g/mol. The van der Waals surface area contributed by atoms with Gasteiger partial charge in [-0.2, -0.15) is 8.42 Å². The lowest BCUT2D eigenvalue weighted by molar-refractivity contribution is 0.0696. The molecule has 0 spiro atoms. The van der Waals surface area contributed by atoms with Crippen molar-refractivity contribution in [1.82, 2.24) is 0 Å². The summed E-state index contributed by atoms with van der Waals surface area (Å²) in [6.07, 6.45) is 0. The SMILES string of the molecule is O=C(O)c1ccc(-c2ccc(F)cc2)c(S(=O)(=O)F)c1. The standard InChI is InChI=1S/C13H8F2O4S/c14-10-4-1-8(2-5-10)11-6-3-9(13(16)17)7-12(11)20(15,18)19/h1-7H,(H,16,17). The molecule has 0 unspecified atom stereocenters. The number of aromatic carboxylic acids is 1. The van der Waals surface area contributed by atoms with E-state index in [4.69, 9.17) is 5.11 Å². The van der Waals surface area contributed by atoms with Crippen LogP contribution in [-0.2, 0) is 10.2 Å². The predicted molar refractivity (Wildman–Crippen MR) is 67.1 cm³/mol. The molecule has 0 aromatic heterocycles. The van der Waals surface area contributed by atoms with Crippen molar-refractivity contribution in [2.75, 3.05) is 0 Å². The van der Waals surface area contributed by atoms with Gasteiger partial charge in [0.15, 0.2) is 0 Å². The molecule has 0 saturated heterocycles. The summed E-state index contributed by atoms with van der Waals surface area (Å²) in [6, 6.07) is 7.79. The molecule has 0 saturated carbocycles. The minimum Gasteiger partial charge on any atom is -0.478 e. The normalized spacial score (nSPS) is 11.3. The Kier molecular flexibility index (Phi) is 3.54. The summed E-state index contributed by atoms with van der Waals surface area (Å²) in [5, 5.41) is 8.81. The average molecular weight is 298 g/mol. The average Bonchev–Trinajstić information content (AvgIpc) is 2.38. The van der Waals surface area contributed by atoms with Crippen molar-refractivity contribution in [1.29, 1.82) is 0 Å². The summed E-state index contributed by atoms with van der Waals surface area (Å²) < 4.78 is 48.4. The summed E-state index contributed by atoms with van der Waals surface area (Å²) in [6.45, 7) is 0. The highest BCUT2D eigenvalue weighted by Gasteiger charge is 2.20. The molecule has 0 atom stereocenters.